The summed E-state index contributed by atoms with van der Waals surface area (Å²) in [5.41, 5.74) is 0. The molecule has 0 radical (unpaired) electrons. The van der Waals surface area contributed by atoms with Crippen molar-refractivity contribution in [3.63, 3.8) is 0 Å². The maximum absolute atomic E-state index is 2.34. The van der Waals surface area contributed by atoms with Crippen LogP contribution in [-0.2, 0) is 0 Å². The molecule has 122 valence electrons. The van der Waals surface area contributed by atoms with E-state index >= 15 is 0 Å². The first-order valence-corrected chi connectivity index (χ1v) is 14.1. The van der Waals surface area contributed by atoms with Crippen molar-refractivity contribution in [2.24, 2.45) is 0 Å². The molecule has 0 aliphatic heterocycles. The van der Waals surface area contributed by atoms with Crippen molar-refractivity contribution in [2.45, 2.75) is 0 Å². The molecular formula is C24H20Al2. The van der Waals surface area contributed by atoms with Gasteiger partial charge < -0.3 is 0 Å². The Morgan fingerprint density at radius 2 is 0.462 bits per heavy atom. The average Bonchev–Trinajstić information content (AvgIpc) is 2.74. The van der Waals surface area contributed by atoms with Gasteiger partial charge in [-0.25, -0.2) is 0 Å². The third kappa shape index (κ3) is 3.86. The fraction of sp³-hybridized carbons (Fsp3) is 0. The van der Waals surface area contributed by atoms with Crippen LogP contribution in [0.1, 0.15) is 0 Å². The highest BCUT2D eigenvalue weighted by molar-refractivity contribution is 7.42. The molecule has 4 rings (SSSR count). The van der Waals surface area contributed by atoms with Crippen molar-refractivity contribution < 1.29 is 0 Å². The molecule has 4 aromatic carbocycles. The fourth-order valence-corrected chi connectivity index (χ4v) is 15.9. The van der Waals surface area contributed by atoms with E-state index < -0.39 is 24.5 Å². The molecule has 0 saturated carbocycles. The normalized spacial score (nSPS) is 10.3. The number of hydrogen-bond donors (Lipinski definition) is 0. The Kier molecular flexibility index (Phi) is 5.71. The summed E-state index contributed by atoms with van der Waals surface area (Å²) in [7, 11) is 0. The van der Waals surface area contributed by atoms with Gasteiger partial charge in [0.05, 0.1) is 0 Å². The highest BCUT2D eigenvalue weighted by Gasteiger charge is 2.38. The van der Waals surface area contributed by atoms with Gasteiger partial charge in [0.15, 0.2) is 0 Å². The van der Waals surface area contributed by atoms with Crippen LogP contribution in [0, 0.1) is 0 Å². The zero-order valence-electron chi connectivity index (χ0n) is 14.7. The van der Waals surface area contributed by atoms with Crippen molar-refractivity contribution in [2.75, 3.05) is 0 Å². The second-order valence-corrected chi connectivity index (χ2v) is 15.2. The molecule has 0 fully saturated rings. The topological polar surface area (TPSA) is 0 Å². The molecule has 0 saturated heterocycles. The maximum atomic E-state index is 2.34. The van der Waals surface area contributed by atoms with Gasteiger partial charge in [0.25, 0.3) is 24.5 Å². The van der Waals surface area contributed by atoms with Crippen LogP contribution < -0.4 is 17.7 Å². The Labute approximate surface area is 163 Å². The summed E-state index contributed by atoms with van der Waals surface area (Å²) < 4.78 is 6.18. The quantitative estimate of drug-likeness (QED) is 0.479. The predicted molar refractivity (Wildman–Crippen MR) is 116 cm³/mol. The van der Waals surface area contributed by atoms with Crippen LogP contribution in [0.5, 0.6) is 0 Å². The molecule has 0 aliphatic rings. The van der Waals surface area contributed by atoms with E-state index in [4.69, 9.17) is 0 Å². The first-order chi connectivity index (χ1) is 12.9. The zero-order valence-corrected chi connectivity index (χ0v) is 17.0. The van der Waals surface area contributed by atoms with Crippen molar-refractivity contribution in [1.82, 2.24) is 0 Å². The molecule has 0 aromatic heterocycles. The summed E-state index contributed by atoms with van der Waals surface area (Å²) in [6.45, 7) is 0. The molecule has 0 aliphatic carbocycles. The lowest BCUT2D eigenvalue weighted by molar-refractivity contribution is 1.72. The van der Waals surface area contributed by atoms with Gasteiger partial charge in [-0.3, -0.25) is 0 Å². The minimum atomic E-state index is -1.38. The number of benzene rings is 4. The van der Waals surface area contributed by atoms with E-state index in [0.717, 1.165) is 0 Å². The number of hydrogen-bond acceptors (Lipinski definition) is 0. The van der Waals surface area contributed by atoms with Gasteiger partial charge in [0, 0.05) is 0 Å². The Morgan fingerprint density at radius 1 is 0.269 bits per heavy atom. The van der Waals surface area contributed by atoms with Gasteiger partial charge in [-0.05, 0) is 0 Å². The first kappa shape index (κ1) is 17.4. The third-order valence-corrected chi connectivity index (χ3v) is 16.7. The van der Waals surface area contributed by atoms with Gasteiger partial charge in [-0.15, -0.1) is 17.7 Å². The Hall–Kier alpha value is -2.06. The van der Waals surface area contributed by atoms with Crippen molar-refractivity contribution in [1.29, 1.82) is 0 Å². The molecule has 0 spiro atoms. The molecule has 4 aromatic rings. The largest absolute Gasteiger partial charge is 0.298 e. The van der Waals surface area contributed by atoms with E-state index in [2.05, 4.69) is 121 Å². The summed E-state index contributed by atoms with van der Waals surface area (Å²) in [6, 6.07) is 44.8. The van der Waals surface area contributed by atoms with E-state index in [-0.39, 0.29) is 0 Å². The van der Waals surface area contributed by atoms with Crippen LogP contribution in [0.2, 0.25) is 0 Å². The lowest BCUT2D eigenvalue weighted by atomic mass is 10.4. The standard InChI is InChI=1S/4C6H5.2Al/c4*1-2-4-6-5-3-1;;/h4*1-5H;;. The lowest BCUT2D eigenvalue weighted by Crippen LogP contribution is -2.65. The van der Waals surface area contributed by atoms with Crippen LogP contribution in [0.4, 0.5) is 0 Å². The third-order valence-electron chi connectivity index (χ3n) is 4.97. The highest BCUT2D eigenvalue weighted by Crippen LogP contribution is 2.01. The fourth-order valence-electron chi connectivity index (χ4n) is 3.80. The molecular weight excluding hydrogens is 342 g/mol. The SMILES string of the molecule is c1cc[c]([Al]([c]2ccccc2)[Al]([c]2ccccc2)[c]2ccccc2)cc1. The maximum Gasteiger partial charge on any atom is 0.298 e. The molecule has 0 amide bonds. The van der Waals surface area contributed by atoms with Crippen LogP contribution in [0.25, 0.3) is 0 Å². The number of rotatable bonds is 5. The molecule has 0 atom stereocenters. The molecule has 0 nitrogen and oxygen atoms in total. The molecule has 0 unspecified atom stereocenters. The lowest BCUT2D eigenvalue weighted by Gasteiger charge is -2.22. The summed E-state index contributed by atoms with van der Waals surface area (Å²) in [5, 5.41) is 0. The molecule has 0 N–H and O–H groups in total. The molecule has 2 heteroatoms. The molecule has 26 heavy (non-hydrogen) atoms. The predicted octanol–water partition coefficient (Wildman–Crippen LogP) is 2.68. The zero-order chi connectivity index (χ0) is 17.6. The summed E-state index contributed by atoms with van der Waals surface area (Å²) >= 11 is -2.76. The van der Waals surface area contributed by atoms with E-state index in [1.807, 2.05) is 0 Å². The van der Waals surface area contributed by atoms with E-state index in [9.17, 15) is 0 Å². The van der Waals surface area contributed by atoms with Crippen LogP contribution >= 0.6 is 0 Å². The summed E-state index contributed by atoms with van der Waals surface area (Å²) in [6.07, 6.45) is 0. The van der Waals surface area contributed by atoms with E-state index in [1.165, 1.54) is 0 Å². The van der Waals surface area contributed by atoms with Crippen molar-refractivity contribution in [3.05, 3.63) is 121 Å². The van der Waals surface area contributed by atoms with Gasteiger partial charge in [-0.1, -0.05) is 121 Å². The smallest absolute Gasteiger partial charge is 0.117 e. The van der Waals surface area contributed by atoms with Crippen molar-refractivity contribution in [3.8, 4) is 0 Å². The average molecular weight is 362 g/mol. The Bertz CT molecular complexity index is 763. The van der Waals surface area contributed by atoms with Gasteiger partial charge in [-0.2, -0.15) is 0 Å². The highest BCUT2D eigenvalue weighted by atomic mass is 28.1. The van der Waals surface area contributed by atoms with Gasteiger partial charge in [0.2, 0.25) is 0 Å². The van der Waals surface area contributed by atoms with Crippen molar-refractivity contribution >= 4 is 42.2 Å². The monoisotopic (exact) mass is 362 g/mol. The minimum Gasteiger partial charge on any atom is -0.117 e. The van der Waals surface area contributed by atoms with Gasteiger partial charge in [0.1, 0.15) is 0 Å². The minimum absolute atomic E-state index is 1.38. The van der Waals surface area contributed by atoms with Crippen LogP contribution in [0.15, 0.2) is 121 Å². The first-order valence-electron chi connectivity index (χ1n) is 9.13. The second-order valence-electron chi connectivity index (χ2n) is 6.60. The molecule has 0 bridgehead atoms. The summed E-state index contributed by atoms with van der Waals surface area (Å²) in [5.74, 6) is 0. The Morgan fingerprint density at radius 3 is 0.654 bits per heavy atom. The van der Waals surface area contributed by atoms with Crippen LogP contribution in [-0.4, -0.2) is 24.5 Å². The van der Waals surface area contributed by atoms with E-state index in [1.54, 1.807) is 17.7 Å². The summed E-state index contributed by atoms with van der Waals surface area (Å²) in [4.78, 5) is 0. The van der Waals surface area contributed by atoms with E-state index in [0.29, 0.717) is 0 Å². The Balaban J connectivity index is 1.93. The van der Waals surface area contributed by atoms with Gasteiger partial charge >= 0.3 is 0 Å². The second kappa shape index (κ2) is 8.55. The van der Waals surface area contributed by atoms with Crippen LogP contribution in [0.3, 0.4) is 0 Å². The molecule has 0 heterocycles.